The zero-order chi connectivity index (χ0) is 16.1. The maximum atomic E-state index is 12.3. The minimum absolute atomic E-state index is 0.104. The molecule has 6 heteroatoms. The van der Waals surface area contributed by atoms with Crippen molar-refractivity contribution in [3.05, 3.63) is 48.3 Å². The third kappa shape index (κ3) is 3.77. The van der Waals surface area contributed by atoms with E-state index in [9.17, 15) is 4.79 Å². The number of rotatable bonds is 4. The van der Waals surface area contributed by atoms with Gasteiger partial charge in [-0.25, -0.2) is 9.97 Å². The number of anilines is 1. The van der Waals surface area contributed by atoms with Crippen LogP contribution in [0, 0.1) is 0 Å². The first-order valence-corrected chi connectivity index (χ1v) is 7.73. The van der Waals surface area contributed by atoms with E-state index >= 15 is 0 Å². The van der Waals surface area contributed by atoms with Gasteiger partial charge in [-0.15, -0.1) is 0 Å². The molecule has 2 aromatic rings. The summed E-state index contributed by atoms with van der Waals surface area (Å²) in [7, 11) is 1.55. The quantitative estimate of drug-likeness (QED) is 0.934. The molecule has 1 unspecified atom stereocenters. The van der Waals surface area contributed by atoms with Crippen molar-refractivity contribution < 1.29 is 9.53 Å². The number of carbonyl (C=O) groups excluding carboxylic acids is 1. The normalized spacial score (nSPS) is 17.6. The number of methoxy groups -OCH3 is 1. The number of aromatic nitrogens is 2. The van der Waals surface area contributed by atoms with Gasteiger partial charge in [0, 0.05) is 37.6 Å². The summed E-state index contributed by atoms with van der Waals surface area (Å²) in [6.45, 7) is 1.74. The molecule has 0 bridgehead atoms. The number of amides is 1. The fourth-order valence-electron chi connectivity index (χ4n) is 2.75. The van der Waals surface area contributed by atoms with Crippen LogP contribution >= 0.6 is 0 Å². The van der Waals surface area contributed by atoms with E-state index in [-0.39, 0.29) is 11.9 Å². The predicted molar refractivity (Wildman–Crippen MR) is 87.7 cm³/mol. The molecule has 2 aromatic heterocycles. The molecule has 1 saturated heterocycles. The molecule has 120 valence electrons. The average Bonchev–Trinajstić information content (AvgIpc) is 2.63. The average molecular weight is 312 g/mol. The van der Waals surface area contributed by atoms with Gasteiger partial charge in [0.2, 0.25) is 5.88 Å². The highest BCUT2D eigenvalue weighted by atomic mass is 16.5. The Labute approximate surface area is 135 Å². The third-order valence-corrected chi connectivity index (χ3v) is 3.94. The van der Waals surface area contributed by atoms with Crippen LogP contribution in [-0.4, -0.2) is 42.1 Å². The number of nitrogens with zero attached hydrogens (tertiary/aromatic N) is 3. The molecule has 3 rings (SSSR count). The molecule has 1 N–H and O–H groups in total. The summed E-state index contributed by atoms with van der Waals surface area (Å²) in [5.74, 6) is 1.35. The number of pyridine rings is 2. The number of hydrogen-bond acceptors (Lipinski definition) is 5. The zero-order valence-corrected chi connectivity index (χ0v) is 13.1. The van der Waals surface area contributed by atoms with E-state index in [4.69, 9.17) is 4.74 Å². The lowest BCUT2D eigenvalue weighted by Crippen LogP contribution is -2.48. The van der Waals surface area contributed by atoms with Crippen molar-refractivity contribution in [3.8, 4) is 5.88 Å². The topological polar surface area (TPSA) is 67.3 Å². The number of piperidine rings is 1. The number of carbonyl (C=O) groups is 1. The van der Waals surface area contributed by atoms with Crippen LogP contribution in [0.2, 0.25) is 0 Å². The molecular formula is C17H20N4O2. The summed E-state index contributed by atoms with van der Waals surface area (Å²) in [6.07, 6.45) is 5.33. The summed E-state index contributed by atoms with van der Waals surface area (Å²) in [6, 6.07) is 9.41. The predicted octanol–water partition coefficient (Wildman–Crippen LogP) is 1.88. The van der Waals surface area contributed by atoms with Crippen LogP contribution in [0.4, 0.5) is 5.82 Å². The van der Waals surface area contributed by atoms with Crippen LogP contribution in [0.5, 0.6) is 5.88 Å². The maximum absolute atomic E-state index is 12.3. The fourth-order valence-corrected chi connectivity index (χ4v) is 2.75. The summed E-state index contributed by atoms with van der Waals surface area (Å²) in [5.41, 5.74) is 0.542. The Morgan fingerprint density at radius 3 is 2.91 bits per heavy atom. The molecular weight excluding hydrogens is 292 g/mol. The van der Waals surface area contributed by atoms with Crippen molar-refractivity contribution in [2.45, 2.75) is 18.9 Å². The summed E-state index contributed by atoms with van der Waals surface area (Å²) < 4.78 is 5.01. The van der Waals surface area contributed by atoms with E-state index in [1.165, 1.54) is 6.20 Å². The first-order valence-electron chi connectivity index (χ1n) is 7.73. The maximum Gasteiger partial charge on any atom is 0.253 e. The number of ether oxygens (including phenoxy) is 1. The summed E-state index contributed by atoms with van der Waals surface area (Å²) >= 11 is 0. The zero-order valence-electron chi connectivity index (χ0n) is 13.1. The van der Waals surface area contributed by atoms with Gasteiger partial charge in [-0.2, -0.15) is 0 Å². The molecule has 0 aliphatic carbocycles. The lowest BCUT2D eigenvalue weighted by atomic mass is 10.1. The summed E-state index contributed by atoms with van der Waals surface area (Å²) in [4.78, 5) is 23.0. The largest absolute Gasteiger partial charge is 0.481 e. The molecule has 1 aliphatic heterocycles. The van der Waals surface area contributed by atoms with Gasteiger partial charge in [0.05, 0.1) is 12.7 Å². The molecule has 1 atom stereocenters. The van der Waals surface area contributed by atoms with Crippen molar-refractivity contribution in [1.82, 2.24) is 15.3 Å². The molecule has 1 aliphatic rings. The number of nitrogens with one attached hydrogen (secondary N) is 1. The van der Waals surface area contributed by atoms with Crippen LogP contribution in [0.1, 0.15) is 23.2 Å². The second-order valence-electron chi connectivity index (χ2n) is 5.54. The second-order valence-corrected chi connectivity index (χ2v) is 5.54. The van der Waals surface area contributed by atoms with Crippen LogP contribution in [0.25, 0.3) is 0 Å². The Balaban J connectivity index is 1.61. The minimum atomic E-state index is -0.104. The van der Waals surface area contributed by atoms with E-state index in [1.807, 2.05) is 18.2 Å². The van der Waals surface area contributed by atoms with Crippen molar-refractivity contribution >= 4 is 11.7 Å². The van der Waals surface area contributed by atoms with E-state index in [0.29, 0.717) is 11.4 Å². The van der Waals surface area contributed by atoms with Gasteiger partial charge in [0.15, 0.2) is 0 Å². The standard InChI is InChI=1S/C17H20N4O2/c1-23-16-8-7-13(11-19-16)17(22)20-14-5-4-10-21(12-14)15-6-2-3-9-18-15/h2-3,6-9,11,14H,4-5,10,12H2,1H3,(H,20,22). The SMILES string of the molecule is COc1ccc(C(=O)NC2CCCN(c3ccccn3)C2)cn1. The van der Waals surface area contributed by atoms with Crippen LogP contribution in [0.15, 0.2) is 42.7 Å². The third-order valence-electron chi connectivity index (χ3n) is 3.94. The molecule has 23 heavy (non-hydrogen) atoms. The van der Waals surface area contributed by atoms with Gasteiger partial charge in [-0.3, -0.25) is 4.79 Å². The van der Waals surface area contributed by atoms with Gasteiger partial charge in [0.1, 0.15) is 5.82 Å². The first kappa shape index (κ1) is 15.3. The lowest BCUT2D eigenvalue weighted by Gasteiger charge is -2.33. The van der Waals surface area contributed by atoms with Crippen molar-refractivity contribution in [2.75, 3.05) is 25.1 Å². The molecule has 3 heterocycles. The Morgan fingerprint density at radius 2 is 2.22 bits per heavy atom. The highest BCUT2D eigenvalue weighted by molar-refractivity contribution is 5.94. The van der Waals surface area contributed by atoms with Crippen molar-refractivity contribution in [3.63, 3.8) is 0 Å². The highest BCUT2D eigenvalue weighted by Gasteiger charge is 2.22. The Kier molecular flexibility index (Phi) is 4.71. The fraction of sp³-hybridized carbons (Fsp3) is 0.353. The first-order chi connectivity index (χ1) is 11.3. The van der Waals surface area contributed by atoms with Gasteiger partial charge in [-0.05, 0) is 31.0 Å². The van der Waals surface area contributed by atoms with Gasteiger partial charge < -0.3 is 15.0 Å². The molecule has 0 spiro atoms. The van der Waals surface area contributed by atoms with E-state index in [0.717, 1.165) is 31.7 Å². The molecule has 0 saturated carbocycles. The smallest absolute Gasteiger partial charge is 0.253 e. The van der Waals surface area contributed by atoms with Crippen LogP contribution in [-0.2, 0) is 0 Å². The van der Waals surface area contributed by atoms with E-state index < -0.39 is 0 Å². The molecule has 1 amide bonds. The Bertz CT molecular complexity index is 645. The van der Waals surface area contributed by atoms with E-state index in [2.05, 4.69) is 20.2 Å². The Morgan fingerprint density at radius 1 is 1.30 bits per heavy atom. The number of hydrogen-bond donors (Lipinski definition) is 1. The van der Waals surface area contributed by atoms with Crippen molar-refractivity contribution in [2.24, 2.45) is 0 Å². The molecule has 6 nitrogen and oxygen atoms in total. The van der Waals surface area contributed by atoms with Crippen molar-refractivity contribution in [1.29, 1.82) is 0 Å². The molecule has 0 radical (unpaired) electrons. The molecule has 1 fully saturated rings. The van der Waals surface area contributed by atoms with Crippen LogP contribution < -0.4 is 15.0 Å². The lowest BCUT2D eigenvalue weighted by molar-refractivity contribution is 0.0932. The van der Waals surface area contributed by atoms with E-state index in [1.54, 1.807) is 25.4 Å². The molecule has 0 aromatic carbocycles. The van der Waals surface area contributed by atoms with Gasteiger partial charge >= 0.3 is 0 Å². The Hall–Kier alpha value is -2.63. The van der Waals surface area contributed by atoms with Gasteiger partial charge in [0.25, 0.3) is 5.91 Å². The summed E-state index contributed by atoms with van der Waals surface area (Å²) in [5, 5.41) is 3.08. The monoisotopic (exact) mass is 312 g/mol. The minimum Gasteiger partial charge on any atom is -0.481 e. The highest BCUT2D eigenvalue weighted by Crippen LogP contribution is 2.17. The second kappa shape index (κ2) is 7.09. The van der Waals surface area contributed by atoms with Gasteiger partial charge in [-0.1, -0.05) is 6.07 Å². The van der Waals surface area contributed by atoms with Crippen LogP contribution in [0.3, 0.4) is 0 Å².